The van der Waals surface area contributed by atoms with Gasteiger partial charge in [-0.3, -0.25) is 5.48 Å². The summed E-state index contributed by atoms with van der Waals surface area (Å²) in [5, 5.41) is 38.6. The first-order valence-electron chi connectivity index (χ1n) is 9.62. The normalized spacial score (nSPS) is 27.1. The number of anilines is 1. The average molecular weight is 414 g/mol. The van der Waals surface area contributed by atoms with Crippen LogP contribution in [-0.2, 0) is 14.3 Å². The highest BCUT2D eigenvalue weighted by Crippen LogP contribution is 2.22. The smallest absolute Gasteiger partial charge is 0.338 e. The van der Waals surface area contributed by atoms with E-state index in [0.717, 1.165) is 13.1 Å². The van der Waals surface area contributed by atoms with Gasteiger partial charge in [0.15, 0.2) is 0 Å². The second-order valence-corrected chi connectivity index (χ2v) is 6.66. The number of hydrogen-bond donors (Lipinski definition) is 5. The van der Waals surface area contributed by atoms with Gasteiger partial charge in [-0.1, -0.05) is 13.8 Å². The van der Waals surface area contributed by atoms with Crippen LogP contribution in [0.4, 0.5) is 5.69 Å². The Labute approximate surface area is 169 Å². The monoisotopic (exact) mass is 414 g/mol. The number of hydrogen-bond acceptors (Lipinski definition) is 10. The standard InChI is InChI=1S/C19H30N2O8/c1-3-21(4-2)9-10-27-18(26)12-5-7-13(8-6-12)20-29-19-17(25)16(24)15(23)14(11-22)28-19/h5-8,14-17,19-20,22-25H,3-4,9-11H2,1-2H3/t14-,15-,16+,17-,19?/m1/s1. The van der Waals surface area contributed by atoms with Crippen LogP contribution in [0.5, 0.6) is 0 Å². The molecule has 1 unspecified atom stereocenters. The molecule has 0 radical (unpaired) electrons. The fraction of sp³-hybridized carbons (Fsp3) is 0.632. The molecular weight excluding hydrogens is 384 g/mol. The minimum atomic E-state index is -1.53. The second kappa shape index (κ2) is 11.4. The van der Waals surface area contributed by atoms with Crippen LogP contribution in [0.2, 0.25) is 0 Å². The number of nitrogens with one attached hydrogen (secondary N) is 1. The van der Waals surface area contributed by atoms with Gasteiger partial charge in [0.2, 0.25) is 6.29 Å². The summed E-state index contributed by atoms with van der Waals surface area (Å²) in [7, 11) is 0. The van der Waals surface area contributed by atoms with Gasteiger partial charge < -0.3 is 34.8 Å². The molecule has 0 spiro atoms. The molecule has 0 amide bonds. The molecule has 1 aromatic carbocycles. The zero-order chi connectivity index (χ0) is 21.4. The SMILES string of the molecule is CCN(CC)CCOC(=O)c1ccc(NOC2O[C@H](CO)[C@@H](O)[C@H](O)[C@H]2O)cc1. The number of carbonyl (C=O) groups is 1. The first kappa shape index (κ1) is 23.5. The highest BCUT2D eigenvalue weighted by molar-refractivity contribution is 5.89. The molecule has 10 nitrogen and oxygen atoms in total. The van der Waals surface area contributed by atoms with Gasteiger partial charge in [-0.2, -0.15) is 0 Å². The molecule has 1 fully saturated rings. The van der Waals surface area contributed by atoms with Crippen molar-refractivity contribution in [1.29, 1.82) is 0 Å². The first-order chi connectivity index (χ1) is 13.9. The van der Waals surface area contributed by atoms with Crippen LogP contribution in [0.15, 0.2) is 24.3 Å². The van der Waals surface area contributed by atoms with Crippen molar-refractivity contribution in [2.75, 3.05) is 38.3 Å². The highest BCUT2D eigenvalue weighted by Gasteiger charge is 2.44. The molecule has 2 rings (SSSR count). The van der Waals surface area contributed by atoms with Crippen LogP contribution in [0, 0.1) is 0 Å². The third kappa shape index (κ3) is 6.34. The maximum Gasteiger partial charge on any atom is 0.338 e. The Morgan fingerprint density at radius 2 is 1.76 bits per heavy atom. The maximum absolute atomic E-state index is 12.1. The molecule has 29 heavy (non-hydrogen) atoms. The van der Waals surface area contributed by atoms with Crippen molar-refractivity contribution in [3.05, 3.63) is 29.8 Å². The summed E-state index contributed by atoms with van der Waals surface area (Å²) < 4.78 is 10.5. The molecular formula is C19H30N2O8. The van der Waals surface area contributed by atoms with E-state index in [-0.39, 0.29) is 0 Å². The van der Waals surface area contributed by atoms with E-state index in [2.05, 4.69) is 10.4 Å². The molecule has 0 aromatic heterocycles. The number of rotatable bonds is 10. The van der Waals surface area contributed by atoms with Gasteiger partial charge in [0.1, 0.15) is 31.0 Å². The van der Waals surface area contributed by atoms with Gasteiger partial charge in [0.05, 0.1) is 17.9 Å². The minimum Gasteiger partial charge on any atom is -0.461 e. The maximum atomic E-state index is 12.1. The van der Waals surface area contributed by atoms with Crippen molar-refractivity contribution in [2.24, 2.45) is 0 Å². The average Bonchev–Trinajstić information content (AvgIpc) is 2.75. The lowest BCUT2D eigenvalue weighted by atomic mass is 9.99. The van der Waals surface area contributed by atoms with E-state index in [1.165, 1.54) is 0 Å². The third-order valence-corrected chi connectivity index (χ3v) is 4.80. The van der Waals surface area contributed by atoms with Gasteiger partial charge in [-0.15, -0.1) is 0 Å². The Morgan fingerprint density at radius 1 is 1.10 bits per heavy atom. The zero-order valence-corrected chi connectivity index (χ0v) is 16.6. The number of benzene rings is 1. The summed E-state index contributed by atoms with van der Waals surface area (Å²) in [6.45, 7) is 6.31. The summed E-state index contributed by atoms with van der Waals surface area (Å²) in [4.78, 5) is 19.4. The molecule has 5 atom stereocenters. The van der Waals surface area contributed by atoms with Crippen LogP contribution < -0.4 is 5.48 Å². The number of carbonyl (C=O) groups excluding carboxylic acids is 1. The van der Waals surface area contributed by atoms with E-state index in [1.54, 1.807) is 24.3 Å². The summed E-state index contributed by atoms with van der Waals surface area (Å²) in [6.07, 6.45) is -6.87. The molecule has 0 aliphatic carbocycles. The van der Waals surface area contributed by atoms with E-state index < -0.39 is 43.3 Å². The summed E-state index contributed by atoms with van der Waals surface area (Å²) >= 11 is 0. The lowest BCUT2D eigenvalue weighted by Gasteiger charge is -2.39. The van der Waals surface area contributed by atoms with E-state index >= 15 is 0 Å². The summed E-state index contributed by atoms with van der Waals surface area (Å²) in [5.74, 6) is -0.432. The molecule has 0 bridgehead atoms. The van der Waals surface area contributed by atoms with Crippen molar-refractivity contribution in [2.45, 2.75) is 44.6 Å². The topological polar surface area (TPSA) is 141 Å². The predicted octanol–water partition coefficient (Wildman–Crippen LogP) is -0.671. The quantitative estimate of drug-likeness (QED) is 0.247. The minimum absolute atomic E-state index is 0.306. The number of nitrogens with zero attached hydrogens (tertiary/aromatic N) is 1. The van der Waals surface area contributed by atoms with Crippen LogP contribution in [-0.4, -0.2) is 94.8 Å². The summed E-state index contributed by atoms with van der Waals surface area (Å²) in [6, 6.07) is 6.26. The molecule has 1 aliphatic rings. The van der Waals surface area contributed by atoms with Crippen molar-refractivity contribution in [3.8, 4) is 0 Å². The van der Waals surface area contributed by atoms with Gasteiger partial charge in [-0.05, 0) is 37.4 Å². The Balaban J connectivity index is 1.83. The fourth-order valence-corrected chi connectivity index (χ4v) is 2.86. The highest BCUT2D eigenvalue weighted by atomic mass is 16.8. The van der Waals surface area contributed by atoms with E-state index in [1.807, 2.05) is 13.8 Å². The van der Waals surface area contributed by atoms with Crippen molar-refractivity contribution >= 4 is 11.7 Å². The molecule has 1 aromatic rings. The lowest BCUT2D eigenvalue weighted by molar-refractivity contribution is -0.294. The second-order valence-electron chi connectivity index (χ2n) is 6.66. The van der Waals surface area contributed by atoms with E-state index in [4.69, 9.17) is 14.3 Å². The fourth-order valence-electron chi connectivity index (χ4n) is 2.86. The lowest BCUT2D eigenvalue weighted by Crippen LogP contribution is -2.59. The molecule has 5 N–H and O–H groups in total. The predicted molar refractivity (Wildman–Crippen MR) is 103 cm³/mol. The molecule has 1 heterocycles. The molecule has 1 aliphatic heterocycles. The van der Waals surface area contributed by atoms with Gasteiger partial charge in [0, 0.05) is 6.54 Å². The van der Waals surface area contributed by atoms with Gasteiger partial charge in [0.25, 0.3) is 0 Å². The molecule has 1 saturated heterocycles. The number of ether oxygens (including phenoxy) is 2. The molecule has 10 heteroatoms. The van der Waals surface area contributed by atoms with E-state index in [9.17, 15) is 25.2 Å². The Hall–Kier alpha value is -1.79. The van der Waals surface area contributed by atoms with E-state index in [0.29, 0.717) is 24.4 Å². The van der Waals surface area contributed by atoms with Crippen LogP contribution in [0.3, 0.4) is 0 Å². The van der Waals surface area contributed by atoms with Crippen molar-refractivity contribution < 1.29 is 39.5 Å². The Morgan fingerprint density at radius 3 is 2.34 bits per heavy atom. The number of aliphatic hydroxyl groups excluding tert-OH is 4. The first-order valence-corrected chi connectivity index (χ1v) is 9.62. The number of esters is 1. The van der Waals surface area contributed by atoms with Crippen LogP contribution in [0.25, 0.3) is 0 Å². The molecule has 164 valence electrons. The van der Waals surface area contributed by atoms with Gasteiger partial charge in [-0.25, -0.2) is 9.63 Å². The van der Waals surface area contributed by atoms with Crippen molar-refractivity contribution in [3.63, 3.8) is 0 Å². The molecule has 0 saturated carbocycles. The third-order valence-electron chi connectivity index (χ3n) is 4.80. The number of aliphatic hydroxyl groups is 4. The summed E-state index contributed by atoms with van der Waals surface area (Å²) in [5.41, 5.74) is 3.38. The van der Waals surface area contributed by atoms with Crippen LogP contribution >= 0.6 is 0 Å². The van der Waals surface area contributed by atoms with Crippen LogP contribution in [0.1, 0.15) is 24.2 Å². The zero-order valence-electron chi connectivity index (χ0n) is 16.6. The van der Waals surface area contributed by atoms with Gasteiger partial charge >= 0.3 is 5.97 Å². The number of likely N-dealkylation sites (N-methyl/N-ethyl adjacent to an activating group) is 1. The Bertz CT molecular complexity index is 623. The Kier molecular flexibility index (Phi) is 9.24. The largest absolute Gasteiger partial charge is 0.461 e. The van der Waals surface area contributed by atoms with Crippen molar-refractivity contribution in [1.82, 2.24) is 4.90 Å².